The summed E-state index contributed by atoms with van der Waals surface area (Å²) in [6, 6.07) is 0. The van der Waals surface area contributed by atoms with Crippen LogP contribution in [0.5, 0.6) is 0 Å². The molecule has 2 heterocycles. The second-order valence-corrected chi connectivity index (χ2v) is 4.99. The van der Waals surface area contributed by atoms with Crippen molar-refractivity contribution < 1.29 is 19.5 Å². The van der Waals surface area contributed by atoms with Gasteiger partial charge in [-0.15, -0.1) is 0 Å². The van der Waals surface area contributed by atoms with Gasteiger partial charge in [0.15, 0.2) is 0 Å². The summed E-state index contributed by atoms with van der Waals surface area (Å²) in [5.74, 6) is -0.127. The molecule has 0 aromatic rings. The Labute approximate surface area is 111 Å². The topological polar surface area (TPSA) is 90.0 Å². The van der Waals surface area contributed by atoms with Crippen LogP contribution < -0.4 is 5.32 Å². The lowest BCUT2D eigenvalue weighted by Crippen LogP contribution is -2.46. The molecule has 1 atom stereocenters. The van der Waals surface area contributed by atoms with Crippen molar-refractivity contribution in [2.75, 3.05) is 32.7 Å². The zero-order chi connectivity index (χ0) is 13.8. The molecule has 0 aromatic carbocycles. The van der Waals surface area contributed by atoms with Crippen molar-refractivity contribution in [1.29, 1.82) is 0 Å². The number of piperidine rings is 1. The lowest BCUT2D eigenvalue weighted by atomic mass is 9.97. The standard InChI is InChI=1S/C12H19N3O4/c16-10-3-2-9(8-13-10)11(17)14-4-1-5-15(7-6-14)12(18)19/h9H,1-8H2,(H,13,16)(H,18,19). The van der Waals surface area contributed by atoms with Crippen LogP contribution in [0.25, 0.3) is 0 Å². The average molecular weight is 269 g/mol. The maximum atomic E-state index is 12.3. The van der Waals surface area contributed by atoms with Gasteiger partial charge in [-0.05, 0) is 12.8 Å². The van der Waals surface area contributed by atoms with Crippen molar-refractivity contribution in [3.8, 4) is 0 Å². The van der Waals surface area contributed by atoms with E-state index >= 15 is 0 Å². The fourth-order valence-electron chi connectivity index (χ4n) is 2.53. The van der Waals surface area contributed by atoms with Gasteiger partial charge in [0.25, 0.3) is 0 Å². The summed E-state index contributed by atoms with van der Waals surface area (Å²) in [6.45, 7) is 2.26. The molecular weight excluding hydrogens is 250 g/mol. The van der Waals surface area contributed by atoms with Gasteiger partial charge in [0, 0.05) is 39.1 Å². The highest BCUT2D eigenvalue weighted by atomic mass is 16.4. The lowest BCUT2D eigenvalue weighted by molar-refractivity contribution is -0.137. The number of hydrogen-bond acceptors (Lipinski definition) is 3. The van der Waals surface area contributed by atoms with Crippen LogP contribution in [0.15, 0.2) is 0 Å². The lowest BCUT2D eigenvalue weighted by Gasteiger charge is -2.28. The molecule has 2 rings (SSSR count). The Hall–Kier alpha value is -1.79. The van der Waals surface area contributed by atoms with E-state index < -0.39 is 6.09 Å². The van der Waals surface area contributed by atoms with E-state index in [-0.39, 0.29) is 17.7 Å². The van der Waals surface area contributed by atoms with Crippen molar-refractivity contribution >= 4 is 17.9 Å². The zero-order valence-electron chi connectivity index (χ0n) is 10.8. The van der Waals surface area contributed by atoms with E-state index in [2.05, 4.69) is 5.32 Å². The third kappa shape index (κ3) is 3.36. The Kier molecular flexibility index (Phi) is 4.24. The first-order valence-corrected chi connectivity index (χ1v) is 6.61. The van der Waals surface area contributed by atoms with Crippen LogP contribution in [-0.2, 0) is 9.59 Å². The second-order valence-electron chi connectivity index (χ2n) is 4.99. The Morgan fingerprint density at radius 1 is 1.16 bits per heavy atom. The maximum Gasteiger partial charge on any atom is 0.407 e. The monoisotopic (exact) mass is 269 g/mol. The number of carbonyl (C=O) groups excluding carboxylic acids is 2. The molecule has 1 unspecified atom stereocenters. The SMILES string of the molecule is O=C1CCC(C(=O)N2CCCN(C(=O)O)CC2)CN1. The molecular formula is C12H19N3O4. The molecule has 0 bridgehead atoms. The molecule has 106 valence electrons. The molecule has 0 aromatic heterocycles. The third-order valence-corrected chi connectivity index (χ3v) is 3.69. The molecule has 7 heteroatoms. The van der Waals surface area contributed by atoms with Crippen molar-refractivity contribution in [2.24, 2.45) is 5.92 Å². The number of carboxylic acid groups (broad SMARTS) is 1. The van der Waals surface area contributed by atoms with Gasteiger partial charge in [0.05, 0.1) is 5.92 Å². The van der Waals surface area contributed by atoms with Crippen LogP contribution in [0.3, 0.4) is 0 Å². The number of nitrogens with zero attached hydrogens (tertiary/aromatic N) is 2. The van der Waals surface area contributed by atoms with Crippen LogP contribution in [0.2, 0.25) is 0 Å². The summed E-state index contributed by atoms with van der Waals surface area (Å²) < 4.78 is 0. The predicted molar refractivity (Wildman–Crippen MR) is 66.5 cm³/mol. The minimum Gasteiger partial charge on any atom is -0.465 e. The second kappa shape index (κ2) is 5.90. The van der Waals surface area contributed by atoms with E-state index in [9.17, 15) is 14.4 Å². The van der Waals surface area contributed by atoms with Gasteiger partial charge in [-0.2, -0.15) is 0 Å². The van der Waals surface area contributed by atoms with Crippen LogP contribution >= 0.6 is 0 Å². The van der Waals surface area contributed by atoms with Crippen molar-refractivity contribution in [3.05, 3.63) is 0 Å². The van der Waals surface area contributed by atoms with Crippen molar-refractivity contribution in [2.45, 2.75) is 19.3 Å². The van der Waals surface area contributed by atoms with Gasteiger partial charge < -0.3 is 20.2 Å². The predicted octanol–water partition coefficient (Wildman–Crippen LogP) is -0.275. The number of hydrogen-bond donors (Lipinski definition) is 2. The number of nitrogens with one attached hydrogen (secondary N) is 1. The van der Waals surface area contributed by atoms with Gasteiger partial charge in [-0.1, -0.05) is 0 Å². The first kappa shape index (κ1) is 13.6. The van der Waals surface area contributed by atoms with E-state index in [1.165, 1.54) is 4.90 Å². The summed E-state index contributed by atoms with van der Waals surface area (Å²) in [5.41, 5.74) is 0. The van der Waals surface area contributed by atoms with E-state index in [4.69, 9.17) is 5.11 Å². The molecule has 19 heavy (non-hydrogen) atoms. The van der Waals surface area contributed by atoms with E-state index in [0.29, 0.717) is 52.0 Å². The largest absolute Gasteiger partial charge is 0.465 e. The van der Waals surface area contributed by atoms with Gasteiger partial charge >= 0.3 is 6.09 Å². The van der Waals surface area contributed by atoms with E-state index in [1.807, 2.05) is 0 Å². The first-order valence-electron chi connectivity index (χ1n) is 6.61. The molecule has 3 amide bonds. The van der Waals surface area contributed by atoms with E-state index in [0.717, 1.165) is 0 Å². The minimum atomic E-state index is -0.931. The van der Waals surface area contributed by atoms with E-state index in [1.54, 1.807) is 4.90 Å². The molecule has 0 saturated carbocycles. The van der Waals surface area contributed by atoms with Gasteiger partial charge in [-0.3, -0.25) is 9.59 Å². The van der Waals surface area contributed by atoms with Gasteiger partial charge in [-0.25, -0.2) is 4.79 Å². The van der Waals surface area contributed by atoms with Crippen LogP contribution in [0.1, 0.15) is 19.3 Å². The highest BCUT2D eigenvalue weighted by molar-refractivity contribution is 5.83. The molecule has 0 spiro atoms. The molecule has 0 radical (unpaired) electrons. The van der Waals surface area contributed by atoms with Crippen LogP contribution in [0.4, 0.5) is 4.79 Å². The third-order valence-electron chi connectivity index (χ3n) is 3.69. The zero-order valence-corrected chi connectivity index (χ0v) is 10.8. The Morgan fingerprint density at radius 2 is 1.84 bits per heavy atom. The van der Waals surface area contributed by atoms with Crippen LogP contribution in [0, 0.1) is 5.92 Å². The Morgan fingerprint density at radius 3 is 2.47 bits per heavy atom. The summed E-state index contributed by atoms with van der Waals surface area (Å²) in [7, 11) is 0. The normalized spacial score (nSPS) is 24.6. The molecule has 0 aliphatic carbocycles. The molecule has 2 aliphatic heterocycles. The smallest absolute Gasteiger partial charge is 0.407 e. The fourth-order valence-corrected chi connectivity index (χ4v) is 2.53. The summed E-state index contributed by atoms with van der Waals surface area (Å²) in [6.07, 6.45) is 0.714. The van der Waals surface area contributed by atoms with Crippen LogP contribution in [-0.4, -0.2) is 65.5 Å². The molecule has 2 fully saturated rings. The van der Waals surface area contributed by atoms with Gasteiger partial charge in [0.2, 0.25) is 11.8 Å². The van der Waals surface area contributed by atoms with Crippen molar-refractivity contribution in [3.63, 3.8) is 0 Å². The number of carbonyl (C=O) groups is 3. The molecule has 7 nitrogen and oxygen atoms in total. The number of amides is 3. The van der Waals surface area contributed by atoms with Gasteiger partial charge in [0.1, 0.15) is 0 Å². The summed E-state index contributed by atoms with van der Waals surface area (Å²) >= 11 is 0. The number of rotatable bonds is 1. The Balaban J connectivity index is 1.89. The Bertz CT molecular complexity index is 375. The summed E-state index contributed by atoms with van der Waals surface area (Å²) in [4.78, 5) is 37.3. The first-order chi connectivity index (χ1) is 9.08. The highest BCUT2D eigenvalue weighted by Gasteiger charge is 2.29. The summed E-state index contributed by atoms with van der Waals surface area (Å²) in [5, 5.41) is 11.6. The molecule has 2 N–H and O–H groups in total. The molecule has 2 aliphatic rings. The highest BCUT2D eigenvalue weighted by Crippen LogP contribution is 2.15. The minimum absolute atomic E-state index is 0.00281. The maximum absolute atomic E-state index is 12.3. The quantitative estimate of drug-likeness (QED) is 0.685. The van der Waals surface area contributed by atoms with Crippen molar-refractivity contribution in [1.82, 2.24) is 15.1 Å². The molecule has 2 saturated heterocycles. The average Bonchev–Trinajstić information content (AvgIpc) is 2.64. The fraction of sp³-hybridized carbons (Fsp3) is 0.750.